The number of ether oxygens (including phenoxy) is 1. The van der Waals surface area contributed by atoms with E-state index in [9.17, 15) is 18.8 Å². The topological polar surface area (TPSA) is 117 Å². The van der Waals surface area contributed by atoms with Gasteiger partial charge in [0, 0.05) is 18.6 Å². The Kier molecular flexibility index (Phi) is 9.68. The molecule has 1 amide bonds. The fourth-order valence-electron chi connectivity index (χ4n) is 3.61. The molecule has 0 fully saturated rings. The molecule has 2 rings (SSSR count). The Morgan fingerprint density at radius 2 is 1.74 bits per heavy atom. The molecule has 35 heavy (non-hydrogen) atoms. The van der Waals surface area contributed by atoms with Crippen LogP contribution in [0.5, 0.6) is 5.75 Å². The van der Waals surface area contributed by atoms with E-state index in [4.69, 9.17) is 15.3 Å². The maximum Gasteiger partial charge on any atom is 0.303 e. The zero-order chi connectivity index (χ0) is 26.2. The summed E-state index contributed by atoms with van der Waals surface area (Å²) in [5.74, 6) is -1.76. The van der Waals surface area contributed by atoms with Gasteiger partial charge in [0.2, 0.25) is 5.91 Å². The number of carboxylic acid groups (broad SMARTS) is 1. The van der Waals surface area contributed by atoms with Crippen molar-refractivity contribution in [3.8, 4) is 5.75 Å². The number of carbonyl (C=O) groups excluding carboxylic acids is 2. The molecule has 0 aliphatic rings. The Balaban J connectivity index is 2.18. The summed E-state index contributed by atoms with van der Waals surface area (Å²) in [5, 5.41) is 19.8. The van der Waals surface area contributed by atoms with Gasteiger partial charge in [0.1, 0.15) is 17.6 Å². The number of nitrogens with one attached hydrogen (secondary N) is 2. The minimum Gasteiger partial charge on any atom is -0.497 e. The van der Waals surface area contributed by atoms with Crippen molar-refractivity contribution in [3.05, 3.63) is 65.0 Å². The predicted octanol–water partition coefficient (Wildman–Crippen LogP) is 4.86. The maximum atomic E-state index is 14.6. The first kappa shape index (κ1) is 27.7. The van der Waals surface area contributed by atoms with E-state index >= 15 is 0 Å². The molecule has 0 aliphatic carbocycles. The number of amides is 1. The molecule has 1 unspecified atom stereocenters. The Bertz CT molecular complexity index is 1070. The van der Waals surface area contributed by atoms with Crippen molar-refractivity contribution < 1.29 is 28.6 Å². The van der Waals surface area contributed by atoms with Crippen LogP contribution in [0.15, 0.2) is 42.5 Å². The number of methoxy groups -OCH3 is 1. The highest BCUT2D eigenvalue weighted by Crippen LogP contribution is 2.24. The quantitative estimate of drug-likeness (QED) is 0.372. The van der Waals surface area contributed by atoms with Crippen molar-refractivity contribution >= 4 is 23.4 Å². The Morgan fingerprint density at radius 3 is 2.29 bits per heavy atom. The summed E-state index contributed by atoms with van der Waals surface area (Å²) in [6, 6.07) is 10.1. The van der Waals surface area contributed by atoms with E-state index in [1.807, 2.05) is 20.8 Å². The number of ketones is 1. The van der Waals surface area contributed by atoms with Crippen molar-refractivity contribution in [2.75, 3.05) is 7.11 Å². The molecule has 0 saturated heterocycles. The van der Waals surface area contributed by atoms with E-state index in [1.54, 1.807) is 36.4 Å². The van der Waals surface area contributed by atoms with Gasteiger partial charge >= 0.3 is 5.97 Å². The van der Waals surface area contributed by atoms with E-state index in [-0.39, 0.29) is 36.8 Å². The molecule has 0 heterocycles. The molecule has 0 spiro atoms. The molecule has 0 radical (unpaired) electrons. The third-order valence-electron chi connectivity index (χ3n) is 5.34. The predicted molar refractivity (Wildman–Crippen MR) is 131 cm³/mol. The summed E-state index contributed by atoms with van der Waals surface area (Å²) in [7, 11) is 1.51. The highest BCUT2D eigenvalue weighted by Gasteiger charge is 2.25. The van der Waals surface area contributed by atoms with Crippen LogP contribution in [0.25, 0.3) is 0 Å². The van der Waals surface area contributed by atoms with Gasteiger partial charge in [-0.3, -0.25) is 14.4 Å². The van der Waals surface area contributed by atoms with E-state index in [0.717, 1.165) is 0 Å². The SMILES string of the molecule is COc1ccc(C(NC(=O)CCCC(=O)O)C(=O)CC(=N)c2ccc(CC(C)(C)C)c(F)c2)cc1. The lowest BCUT2D eigenvalue weighted by Gasteiger charge is -2.20. The molecule has 1 atom stereocenters. The van der Waals surface area contributed by atoms with Gasteiger partial charge in [0.05, 0.1) is 13.5 Å². The average molecular weight is 485 g/mol. The molecule has 7 nitrogen and oxygen atoms in total. The normalized spacial score (nSPS) is 12.0. The molecular formula is C27H33FN2O5. The van der Waals surface area contributed by atoms with Gasteiger partial charge < -0.3 is 20.6 Å². The van der Waals surface area contributed by atoms with Crippen LogP contribution in [0, 0.1) is 16.6 Å². The summed E-state index contributed by atoms with van der Waals surface area (Å²) in [5.41, 5.74) is 1.19. The number of benzene rings is 2. The van der Waals surface area contributed by atoms with Crippen molar-refractivity contribution in [3.63, 3.8) is 0 Å². The maximum absolute atomic E-state index is 14.6. The number of aliphatic carboxylic acids is 1. The van der Waals surface area contributed by atoms with Gasteiger partial charge in [-0.25, -0.2) is 4.39 Å². The molecule has 0 saturated carbocycles. The lowest BCUT2D eigenvalue weighted by atomic mass is 9.87. The minimum atomic E-state index is -1.04. The first-order chi connectivity index (χ1) is 16.4. The van der Waals surface area contributed by atoms with E-state index in [0.29, 0.717) is 28.9 Å². The first-order valence-corrected chi connectivity index (χ1v) is 11.4. The standard InChI is InChI=1S/C27H33FN2O5/c1-27(2,3)16-19-9-8-18(14-21(19)28)22(29)15-23(31)26(17-10-12-20(35-4)13-11-17)30-24(32)6-5-7-25(33)34/h8-14,26,29H,5-7,15-16H2,1-4H3,(H,30,32)(H,33,34). The second-order valence-corrected chi connectivity index (χ2v) is 9.69. The molecule has 0 bridgehead atoms. The van der Waals surface area contributed by atoms with Gasteiger partial charge in [-0.2, -0.15) is 0 Å². The summed E-state index contributed by atoms with van der Waals surface area (Å²) in [6.45, 7) is 6.03. The number of halogens is 1. The van der Waals surface area contributed by atoms with E-state index in [2.05, 4.69) is 5.32 Å². The Labute approximate surface area is 205 Å². The van der Waals surface area contributed by atoms with Crippen LogP contribution in [0.1, 0.15) is 69.2 Å². The van der Waals surface area contributed by atoms with Gasteiger partial charge in [-0.1, -0.05) is 45.0 Å². The van der Waals surface area contributed by atoms with Crippen LogP contribution in [0.3, 0.4) is 0 Å². The lowest BCUT2D eigenvalue weighted by molar-refractivity contribution is -0.137. The largest absolute Gasteiger partial charge is 0.497 e. The second-order valence-electron chi connectivity index (χ2n) is 9.69. The zero-order valence-electron chi connectivity index (χ0n) is 20.6. The average Bonchev–Trinajstić information content (AvgIpc) is 2.77. The number of rotatable bonds is 12. The van der Waals surface area contributed by atoms with Gasteiger partial charge in [-0.05, 0) is 53.1 Å². The van der Waals surface area contributed by atoms with E-state index in [1.165, 1.54) is 13.2 Å². The second kappa shape index (κ2) is 12.2. The molecule has 2 aromatic rings. The molecule has 3 N–H and O–H groups in total. The third-order valence-corrected chi connectivity index (χ3v) is 5.34. The third kappa shape index (κ3) is 8.96. The van der Waals surface area contributed by atoms with Crippen LogP contribution in [0.2, 0.25) is 0 Å². The van der Waals surface area contributed by atoms with Crippen LogP contribution in [-0.2, 0) is 20.8 Å². The number of carboxylic acids is 1. The molecule has 2 aromatic carbocycles. The van der Waals surface area contributed by atoms with Crippen molar-refractivity contribution in [1.29, 1.82) is 5.41 Å². The highest BCUT2D eigenvalue weighted by atomic mass is 19.1. The lowest BCUT2D eigenvalue weighted by Crippen LogP contribution is -2.34. The first-order valence-electron chi connectivity index (χ1n) is 11.4. The number of hydrogen-bond acceptors (Lipinski definition) is 5. The zero-order valence-corrected chi connectivity index (χ0v) is 20.6. The molecule has 8 heteroatoms. The Morgan fingerprint density at radius 1 is 1.09 bits per heavy atom. The Hall–Kier alpha value is -3.55. The summed E-state index contributed by atoms with van der Waals surface area (Å²) < 4.78 is 19.8. The van der Waals surface area contributed by atoms with Gasteiger partial charge in [0.25, 0.3) is 0 Å². The molecular weight excluding hydrogens is 451 g/mol. The summed E-state index contributed by atoms with van der Waals surface area (Å²) in [4.78, 5) is 36.3. The smallest absolute Gasteiger partial charge is 0.303 e. The number of Topliss-reactive ketones (excluding diaryl/α,β-unsaturated/α-hetero) is 1. The van der Waals surface area contributed by atoms with Crippen LogP contribution in [-0.4, -0.2) is 35.6 Å². The number of hydrogen-bond donors (Lipinski definition) is 3. The fourth-order valence-corrected chi connectivity index (χ4v) is 3.61. The van der Waals surface area contributed by atoms with E-state index < -0.39 is 29.5 Å². The molecule has 0 aliphatic heterocycles. The summed E-state index contributed by atoms with van der Waals surface area (Å²) >= 11 is 0. The van der Waals surface area contributed by atoms with Crippen molar-refractivity contribution in [2.45, 2.75) is 58.9 Å². The van der Waals surface area contributed by atoms with Crippen LogP contribution < -0.4 is 10.1 Å². The highest BCUT2D eigenvalue weighted by molar-refractivity contribution is 6.11. The molecule has 0 aromatic heterocycles. The van der Waals surface area contributed by atoms with Gasteiger partial charge in [0.15, 0.2) is 5.78 Å². The fraction of sp³-hybridized carbons (Fsp3) is 0.407. The van der Waals surface area contributed by atoms with Crippen molar-refractivity contribution in [2.24, 2.45) is 5.41 Å². The van der Waals surface area contributed by atoms with Crippen molar-refractivity contribution in [1.82, 2.24) is 5.32 Å². The monoisotopic (exact) mass is 484 g/mol. The minimum absolute atomic E-state index is 0.0515. The molecule has 188 valence electrons. The summed E-state index contributed by atoms with van der Waals surface area (Å²) in [6.07, 6.45) is 0.157. The van der Waals surface area contributed by atoms with Gasteiger partial charge in [-0.15, -0.1) is 0 Å². The van der Waals surface area contributed by atoms with Crippen LogP contribution >= 0.6 is 0 Å². The van der Waals surface area contributed by atoms with Crippen LogP contribution in [0.4, 0.5) is 4.39 Å². The number of carbonyl (C=O) groups is 3.